The van der Waals surface area contributed by atoms with Gasteiger partial charge < -0.3 is 14.8 Å². The number of aryl methyl sites for hydroxylation is 2. The molecule has 8 heteroatoms. The minimum Gasteiger partial charge on any atom is -0.386 e. The van der Waals surface area contributed by atoms with Crippen LogP contribution in [0.25, 0.3) is 22.2 Å². The second-order valence-electron chi connectivity index (χ2n) is 8.37. The number of hydrogen-bond acceptors (Lipinski definition) is 4. The van der Waals surface area contributed by atoms with Gasteiger partial charge in [-0.3, -0.25) is 0 Å². The molecule has 0 aliphatic rings. The number of aromatic nitrogens is 2. The zero-order valence-corrected chi connectivity index (χ0v) is 19.0. The third-order valence-electron chi connectivity index (χ3n) is 5.32. The third-order valence-corrected chi connectivity index (χ3v) is 5.89. The fourth-order valence-electron chi connectivity index (χ4n) is 3.74. The molecule has 1 heterocycles. The molecule has 33 heavy (non-hydrogen) atoms. The standard InChI is InChI=1S/C25H24F3N3OS/c1-24(2,32)20-6-4-3-5-19(20)17-10-13-21-22(15-17)30-23(29-21)14-9-16-7-11-18(12-8-16)31-33-25(26,27)28/h3-8,10-13,15,31-32H,9,14H2,1-2H3,(H,29,30). The summed E-state index contributed by atoms with van der Waals surface area (Å²) in [5.74, 6) is 0.841. The van der Waals surface area contributed by atoms with Gasteiger partial charge in [-0.2, -0.15) is 13.2 Å². The summed E-state index contributed by atoms with van der Waals surface area (Å²) in [7, 11) is 0. The van der Waals surface area contributed by atoms with Gasteiger partial charge in [-0.25, -0.2) is 4.98 Å². The van der Waals surface area contributed by atoms with Gasteiger partial charge in [0.25, 0.3) is 0 Å². The average molecular weight is 472 g/mol. The molecular weight excluding hydrogens is 447 g/mol. The second kappa shape index (κ2) is 9.11. The van der Waals surface area contributed by atoms with Crippen LogP contribution in [-0.2, 0) is 18.4 Å². The number of aliphatic hydroxyl groups is 1. The number of H-pyrrole nitrogens is 1. The quantitative estimate of drug-likeness (QED) is 0.259. The van der Waals surface area contributed by atoms with Crippen molar-refractivity contribution in [1.29, 1.82) is 0 Å². The van der Waals surface area contributed by atoms with Gasteiger partial charge in [0.2, 0.25) is 0 Å². The molecule has 4 nitrogen and oxygen atoms in total. The lowest BCUT2D eigenvalue weighted by atomic mass is 9.89. The Balaban J connectivity index is 1.47. The van der Waals surface area contributed by atoms with E-state index in [0.717, 1.165) is 39.1 Å². The van der Waals surface area contributed by atoms with Crippen LogP contribution in [0.1, 0.15) is 30.8 Å². The van der Waals surface area contributed by atoms with Crippen molar-refractivity contribution < 1.29 is 18.3 Å². The smallest absolute Gasteiger partial charge is 0.386 e. The van der Waals surface area contributed by atoms with Gasteiger partial charge in [0.05, 0.1) is 28.6 Å². The molecule has 0 bridgehead atoms. The molecule has 0 unspecified atom stereocenters. The van der Waals surface area contributed by atoms with Crippen molar-refractivity contribution in [3.8, 4) is 11.1 Å². The third kappa shape index (κ3) is 5.89. The summed E-state index contributed by atoms with van der Waals surface area (Å²) in [6.07, 6.45) is 1.38. The lowest BCUT2D eigenvalue weighted by molar-refractivity contribution is -0.0323. The van der Waals surface area contributed by atoms with Crippen molar-refractivity contribution in [2.45, 2.75) is 37.8 Å². The van der Waals surface area contributed by atoms with Gasteiger partial charge in [0.1, 0.15) is 5.82 Å². The molecule has 172 valence electrons. The average Bonchev–Trinajstić information content (AvgIpc) is 3.18. The van der Waals surface area contributed by atoms with Crippen LogP contribution in [0.3, 0.4) is 0 Å². The molecule has 0 saturated carbocycles. The molecule has 0 atom stereocenters. The molecule has 0 aliphatic carbocycles. The van der Waals surface area contributed by atoms with Gasteiger partial charge in [-0.15, -0.1) is 0 Å². The summed E-state index contributed by atoms with van der Waals surface area (Å²) < 4.78 is 39.2. The Kier molecular flexibility index (Phi) is 6.41. The highest BCUT2D eigenvalue weighted by Crippen LogP contribution is 2.33. The summed E-state index contributed by atoms with van der Waals surface area (Å²) in [6.45, 7) is 3.55. The molecule has 0 fully saturated rings. The predicted molar refractivity (Wildman–Crippen MR) is 128 cm³/mol. The molecule has 1 aromatic heterocycles. The molecule has 0 saturated heterocycles. The van der Waals surface area contributed by atoms with Gasteiger partial charge in [0.15, 0.2) is 0 Å². The lowest BCUT2D eigenvalue weighted by Gasteiger charge is -2.21. The van der Waals surface area contributed by atoms with Crippen LogP contribution in [0.4, 0.5) is 18.9 Å². The molecule has 0 amide bonds. The Morgan fingerprint density at radius 3 is 2.39 bits per heavy atom. The summed E-state index contributed by atoms with van der Waals surface area (Å²) >= 11 is -0.272. The monoisotopic (exact) mass is 471 g/mol. The van der Waals surface area contributed by atoms with E-state index in [1.54, 1.807) is 26.0 Å². The second-order valence-corrected chi connectivity index (χ2v) is 9.24. The van der Waals surface area contributed by atoms with Gasteiger partial charge in [-0.1, -0.05) is 42.5 Å². The highest BCUT2D eigenvalue weighted by atomic mass is 32.2. The maximum absolute atomic E-state index is 12.3. The largest absolute Gasteiger partial charge is 0.461 e. The fraction of sp³-hybridized carbons (Fsp3) is 0.240. The Hall–Kier alpha value is -2.97. The number of nitrogens with one attached hydrogen (secondary N) is 2. The van der Waals surface area contributed by atoms with E-state index >= 15 is 0 Å². The highest BCUT2D eigenvalue weighted by molar-refractivity contribution is 8.01. The summed E-state index contributed by atoms with van der Waals surface area (Å²) in [4.78, 5) is 8.03. The first kappa shape index (κ1) is 23.2. The van der Waals surface area contributed by atoms with Gasteiger partial charge in [-0.05, 0) is 66.8 Å². The topological polar surface area (TPSA) is 60.9 Å². The van der Waals surface area contributed by atoms with Crippen LogP contribution in [0.2, 0.25) is 0 Å². The van der Waals surface area contributed by atoms with E-state index in [-0.39, 0.29) is 11.9 Å². The number of benzene rings is 3. The molecule has 3 N–H and O–H groups in total. The van der Waals surface area contributed by atoms with Crippen molar-refractivity contribution in [2.24, 2.45) is 0 Å². The SMILES string of the molecule is CC(C)(O)c1ccccc1-c1ccc2nc(CCc3ccc(NSC(F)(F)F)cc3)[nH]c2c1. The van der Waals surface area contributed by atoms with Crippen molar-refractivity contribution >= 4 is 28.7 Å². The summed E-state index contributed by atoms with van der Waals surface area (Å²) in [6, 6.07) is 20.7. The van der Waals surface area contributed by atoms with E-state index in [2.05, 4.69) is 14.7 Å². The highest BCUT2D eigenvalue weighted by Gasteiger charge is 2.28. The Morgan fingerprint density at radius 1 is 0.970 bits per heavy atom. The van der Waals surface area contributed by atoms with Crippen molar-refractivity contribution in [1.82, 2.24) is 9.97 Å². The minimum atomic E-state index is -4.32. The first-order valence-corrected chi connectivity index (χ1v) is 11.3. The molecule has 0 radical (unpaired) electrons. The zero-order chi connectivity index (χ0) is 23.6. The van der Waals surface area contributed by atoms with Crippen LogP contribution >= 0.6 is 11.9 Å². The number of rotatable bonds is 7. The van der Waals surface area contributed by atoms with E-state index in [4.69, 9.17) is 0 Å². The lowest BCUT2D eigenvalue weighted by Crippen LogP contribution is -2.16. The number of imidazole rings is 1. The number of fused-ring (bicyclic) bond motifs is 1. The molecule has 0 aliphatic heterocycles. The number of hydrogen-bond donors (Lipinski definition) is 3. The van der Waals surface area contributed by atoms with Crippen LogP contribution in [-0.4, -0.2) is 20.6 Å². The molecule has 4 aromatic rings. The Labute approximate surface area is 194 Å². The van der Waals surface area contributed by atoms with Crippen LogP contribution in [0, 0.1) is 0 Å². The van der Waals surface area contributed by atoms with E-state index < -0.39 is 11.1 Å². The molecule has 4 rings (SSSR count). The normalized spacial score (nSPS) is 12.3. The van der Waals surface area contributed by atoms with E-state index in [0.29, 0.717) is 18.5 Å². The van der Waals surface area contributed by atoms with Crippen molar-refractivity contribution in [3.05, 3.63) is 83.7 Å². The summed E-state index contributed by atoms with van der Waals surface area (Å²) in [5, 5.41) is 10.5. The van der Waals surface area contributed by atoms with Crippen LogP contribution < -0.4 is 4.72 Å². The maximum Gasteiger partial charge on any atom is 0.461 e. The van der Waals surface area contributed by atoms with Gasteiger partial charge in [0, 0.05) is 12.1 Å². The number of halogens is 3. The van der Waals surface area contributed by atoms with Crippen LogP contribution in [0.15, 0.2) is 66.7 Å². The van der Waals surface area contributed by atoms with E-state index in [9.17, 15) is 18.3 Å². The van der Waals surface area contributed by atoms with Crippen LogP contribution in [0.5, 0.6) is 0 Å². The maximum atomic E-state index is 12.3. The minimum absolute atomic E-state index is 0.272. The zero-order valence-electron chi connectivity index (χ0n) is 18.2. The number of nitrogens with zero attached hydrogens (tertiary/aromatic N) is 1. The first-order valence-electron chi connectivity index (χ1n) is 10.5. The first-order chi connectivity index (χ1) is 15.6. The van der Waals surface area contributed by atoms with Crippen molar-refractivity contribution in [2.75, 3.05) is 4.72 Å². The number of aromatic amines is 1. The Bertz CT molecular complexity index is 1240. The Morgan fingerprint density at radius 2 is 1.70 bits per heavy atom. The van der Waals surface area contributed by atoms with E-state index in [1.807, 2.05) is 54.6 Å². The summed E-state index contributed by atoms with van der Waals surface area (Å²) in [5.41, 5.74) is 0.736. The van der Waals surface area contributed by atoms with Gasteiger partial charge >= 0.3 is 5.51 Å². The fourth-order valence-corrected chi connectivity index (χ4v) is 4.11. The number of anilines is 1. The van der Waals surface area contributed by atoms with Crippen molar-refractivity contribution in [3.63, 3.8) is 0 Å². The van der Waals surface area contributed by atoms with E-state index in [1.165, 1.54) is 0 Å². The molecule has 0 spiro atoms. The predicted octanol–water partition coefficient (Wildman–Crippen LogP) is 6.82. The molecule has 3 aromatic carbocycles. The number of alkyl halides is 3. The molecular formula is C25H24F3N3OS.